The summed E-state index contributed by atoms with van der Waals surface area (Å²) in [5.74, 6) is 2.11. The second kappa shape index (κ2) is 8.47. The topological polar surface area (TPSA) is 71.8 Å². The van der Waals surface area contributed by atoms with Crippen molar-refractivity contribution in [2.75, 3.05) is 18.4 Å². The highest BCUT2D eigenvalue weighted by Crippen LogP contribution is 2.17. The summed E-state index contributed by atoms with van der Waals surface area (Å²) in [5.41, 5.74) is 1.14. The minimum absolute atomic E-state index is 0.0170. The minimum atomic E-state index is -0.253. The van der Waals surface area contributed by atoms with Gasteiger partial charge in [-0.2, -0.15) is 0 Å². The van der Waals surface area contributed by atoms with E-state index in [-0.39, 0.29) is 11.9 Å². The number of imidazole rings is 1. The molecule has 0 aliphatic rings. The smallest absolute Gasteiger partial charge is 0.242 e. The lowest BCUT2D eigenvalue weighted by atomic mass is 10.2. The first-order chi connectivity index (χ1) is 11.5. The van der Waals surface area contributed by atoms with Crippen LogP contribution in [-0.2, 0) is 4.79 Å². The molecular weight excluding hydrogens is 302 g/mol. The third-order valence-corrected chi connectivity index (χ3v) is 3.88. The van der Waals surface area contributed by atoms with Crippen LogP contribution in [0, 0.1) is 6.92 Å². The van der Waals surface area contributed by atoms with Gasteiger partial charge in [-0.25, -0.2) is 9.97 Å². The Morgan fingerprint density at radius 2 is 2.00 bits per heavy atom. The van der Waals surface area contributed by atoms with Crippen molar-refractivity contribution in [1.29, 1.82) is 0 Å². The Kier molecular flexibility index (Phi) is 6.35. The molecule has 0 saturated heterocycles. The van der Waals surface area contributed by atoms with Crippen molar-refractivity contribution >= 4 is 11.7 Å². The molecule has 0 bridgehead atoms. The Bertz CT molecular complexity index is 648. The fourth-order valence-corrected chi connectivity index (χ4v) is 2.46. The Labute approximate surface area is 143 Å². The zero-order chi connectivity index (χ0) is 17.5. The molecule has 6 nitrogen and oxygen atoms in total. The summed E-state index contributed by atoms with van der Waals surface area (Å²) in [6.45, 7) is 9.47. The molecule has 2 N–H and O–H groups in total. The van der Waals surface area contributed by atoms with Crippen LogP contribution in [-0.4, -0.2) is 33.5 Å². The Hall–Kier alpha value is -2.37. The van der Waals surface area contributed by atoms with E-state index in [1.54, 1.807) is 6.20 Å². The summed E-state index contributed by atoms with van der Waals surface area (Å²) < 4.78 is 1.94. The second-order valence-electron chi connectivity index (χ2n) is 6.32. The first-order valence-electron chi connectivity index (χ1n) is 8.46. The van der Waals surface area contributed by atoms with Crippen LogP contribution in [0.5, 0.6) is 0 Å². The molecular formula is C18H27N5O. The summed E-state index contributed by atoms with van der Waals surface area (Å²) in [5, 5.41) is 6.23. The van der Waals surface area contributed by atoms with E-state index in [1.165, 1.54) is 0 Å². The van der Waals surface area contributed by atoms with E-state index in [2.05, 4.69) is 34.4 Å². The van der Waals surface area contributed by atoms with Crippen molar-refractivity contribution < 1.29 is 4.79 Å². The van der Waals surface area contributed by atoms with Gasteiger partial charge in [0.05, 0.1) is 0 Å². The Morgan fingerprint density at radius 1 is 1.21 bits per heavy atom. The third kappa shape index (κ3) is 4.81. The van der Waals surface area contributed by atoms with Gasteiger partial charge in [-0.05, 0) is 31.9 Å². The van der Waals surface area contributed by atoms with Crippen LogP contribution in [0.2, 0.25) is 0 Å². The third-order valence-electron chi connectivity index (χ3n) is 3.88. The maximum Gasteiger partial charge on any atom is 0.242 e. The fourth-order valence-electron chi connectivity index (χ4n) is 2.46. The van der Waals surface area contributed by atoms with E-state index in [9.17, 15) is 4.79 Å². The van der Waals surface area contributed by atoms with E-state index in [1.807, 2.05) is 42.9 Å². The number of pyridine rings is 1. The molecule has 2 aromatic heterocycles. The van der Waals surface area contributed by atoms with Gasteiger partial charge in [0.15, 0.2) is 0 Å². The van der Waals surface area contributed by atoms with Crippen molar-refractivity contribution in [3.05, 3.63) is 42.1 Å². The highest BCUT2D eigenvalue weighted by molar-refractivity contribution is 5.79. The lowest BCUT2D eigenvalue weighted by molar-refractivity contribution is -0.123. The summed E-state index contributed by atoms with van der Waals surface area (Å²) >= 11 is 0. The normalized spacial score (nSPS) is 12.2. The summed E-state index contributed by atoms with van der Waals surface area (Å²) in [7, 11) is 0. The number of aromatic nitrogens is 3. The molecule has 0 fully saturated rings. The molecule has 0 aromatic carbocycles. The van der Waals surface area contributed by atoms with Gasteiger partial charge in [0, 0.05) is 37.6 Å². The number of carbonyl (C=O) groups is 1. The number of hydrogen-bond acceptors (Lipinski definition) is 4. The van der Waals surface area contributed by atoms with E-state index in [0.29, 0.717) is 12.5 Å². The maximum atomic E-state index is 12.3. The fraction of sp³-hybridized carbons (Fsp3) is 0.500. The first kappa shape index (κ1) is 18.0. The number of rotatable bonds is 8. The Morgan fingerprint density at radius 3 is 2.67 bits per heavy atom. The number of aryl methyl sites for hydroxylation is 1. The van der Waals surface area contributed by atoms with Crippen molar-refractivity contribution in [2.45, 2.75) is 46.1 Å². The number of nitrogens with one attached hydrogen (secondary N) is 2. The number of amides is 1. The van der Waals surface area contributed by atoms with E-state index in [0.717, 1.165) is 30.2 Å². The van der Waals surface area contributed by atoms with Crippen LogP contribution in [0.3, 0.4) is 0 Å². The van der Waals surface area contributed by atoms with Crippen LogP contribution in [0.25, 0.3) is 0 Å². The molecule has 6 heteroatoms. The van der Waals surface area contributed by atoms with Gasteiger partial charge in [0.2, 0.25) is 5.91 Å². The van der Waals surface area contributed by atoms with Crippen LogP contribution < -0.4 is 10.6 Å². The molecule has 0 saturated carbocycles. The lowest BCUT2D eigenvalue weighted by Gasteiger charge is -2.17. The number of hydrogen-bond donors (Lipinski definition) is 2. The predicted octanol–water partition coefficient (Wildman–Crippen LogP) is 2.89. The quantitative estimate of drug-likeness (QED) is 0.731. The molecule has 24 heavy (non-hydrogen) atoms. The highest BCUT2D eigenvalue weighted by atomic mass is 16.2. The zero-order valence-electron chi connectivity index (χ0n) is 14.9. The molecule has 0 aliphatic heterocycles. The molecule has 0 spiro atoms. The van der Waals surface area contributed by atoms with Gasteiger partial charge in [-0.1, -0.05) is 19.9 Å². The van der Waals surface area contributed by atoms with Crippen LogP contribution >= 0.6 is 0 Å². The van der Waals surface area contributed by atoms with Crippen LogP contribution in [0.4, 0.5) is 5.82 Å². The standard InChI is InChI=1S/C18H27N5O/c1-13(2)17-20-10-11-23(17)15(4)18(24)21-9-5-8-19-16-7-6-14(3)12-22-16/h6-7,10-13,15H,5,8-9H2,1-4H3,(H,19,22)(H,21,24). The molecule has 2 aromatic rings. The minimum Gasteiger partial charge on any atom is -0.370 e. The van der Waals surface area contributed by atoms with Crippen LogP contribution in [0.15, 0.2) is 30.7 Å². The predicted molar refractivity (Wildman–Crippen MR) is 96.1 cm³/mol. The van der Waals surface area contributed by atoms with Crippen molar-refractivity contribution in [1.82, 2.24) is 19.9 Å². The van der Waals surface area contributed by atoms with Crippen molar-refractivity contribution in [2.24, 2.45) is 0 Å². The lowest BCUT2D eigenvalue weighted by Crippen LogP contribution is -2.33. The largest absolute Gasteiger partial charge is 0.370 e. The van der Waals surface area contributed by atoms with E-state index < -0.39 is 0 Å². The van der Waals surface area contributed by atoms with Crippen molar-refractivity contribution in [3.8, 4) is 0 Å². The number of carbonyl (C=O) groups excluding carboxylic acids is 1. The van der Waals surface area contributed by atoms with Gasteiger partial charge in [0.25, 0.3) is 0 Å². The highest BCUT2D eigenvalue weighted by Gasteiger charge is 2.18. The molecule has 1 atom stereocenters. The summed E-state index contributed by atoms with van der Waals surface area (Å²) in [6, 6.07) is 3.73. The molecule has 2 rings (SSSR count). The van der Waals surface area contributed by atoms with E-state index in [4.69, 9.17) is 0 Å². The van der Waals surface area contributed by atoms with E-state index >= 15 is 0 Å². The van der Waals surface area contributed by atoms with Crippen molar-refractivity contribution in [3.63, 3.8) is 0 Å². The summed E-state index contributed by atoms with van der Waals surface area (Å²) in [4.78, 5) is 20.9. The van der Waals surface area contributed by atoms with Gasteiger partial charge in [-0.3, -0.25) is 4.79 Å². The van der Waals surface area contributed by atoms with Gasteiger partial charge < -0.3 is 15.2 Å². The SMILES string of the molecule is Cc1ccc(NCCCNC(=O)C(C)n2ccnc2C(C)C)nc1. The molecule has 1 amide bonds. The summed E-state index contributed by atoms with van der Waals surface area (Å²) in [6.07, 6.45) is 6.29. The second-order valence-corrected chi connectivity index (χ2v) is 6.32. The monoisotopic (exact) mass is 329 g/mol. The van der Waals surface area contributed by atoms with Crippen LogP contribution in [0.1, 0.15) is 50.5 Å². The van der Waals surface area contributed by atoms with Gasteiger partial charge in [0.1, 0.15) is 17.7 Å². The first-order valence-corrected chi connectivity index (χ1v) is 8.46. The van der Waals surface area contributed by atoms with Gasteiger partial charge >= 0.3 is 0 Å². The Balaban J connectivity index is 1.72. The average molecular weight is 329 g/mol. The molecule has 2 heterocycles. The maximum absolute atomic E-state index is 12.3. The molecule has 1 unspecified atom stereocenters. The van der Waals surface area contributed by atoms with Gasteiger partial charge in [-0.15, -0.1) is 0 Å². The molecule has 0 radical (unpaired) electrons. The number of nitrogens with zero attached hydrogens (tertiary/aromatic N) is 3. The zero-order valence-corrected chi connectivity index (χ0v) is 14.9. The average Bonchev–Trinajstić information content (AvgIpc) is 3.05. The number of anilines is 1. The molecule has 130 valence electrons. The molecule has 0 aliphatic carbocycles.